The van der Waals surface area contributed by atoms with Crippen molar-refractivity contribution >= 4 is 22.9 Å². The van der Waals surface area contributed by atoms with Gasteiger partial charge in [0.05, 0.1) is 17.7 Å². The van der Waals surface area contributed by atoms with E-state index in [4.69, 9.17) is 25.0 Å². The van der Waals surface area contributed by atoms with Crippen LogP contribution in [0.25, 0.3) is 11.0 Å². The maximum atomic E-state index is 8.44. The van der Waals surface area contributed by atoms with Crippen LogP contribution in [-0.4, -0.2) is 51.5 Å². The molecule has 5 rings (SSSR count). The maximum absolute atomic E-state index is 8.44. The first kappa shape index (κ1) is 18.4. The highest BCUT2D eigenvalue weighted by atomic mass is 16.5. The van der Waals surface area contributed by atoms with Crippen molar-refractivity contribution in [1.82, 2.24) is 25.1 Å². The Bertz CT molecular complexity index is 957. The van der Waals surface area contributed by atoms with Crippen LogP contribution in [0.4, 0.5) is 5.95 Å². The molecule has 9 nitrogen and oxygen atoms in total. The Hall–Kier alpha value is -2.68. The van der Waals surface area contributed by atoms with Crippen molar-refractivity contribution in [2.45, 2.75) is 57.5 Å². The maximum Gasteiger partial charge on any atom is 0.232 e. The van der Waals surface area contributed by atoms with Gasteiger partial charge in [0, 0.05) is 50.0 Å². The van der Waals surface area contributed by atoms with Crippen LogP contribution in [0.15, 0.2) is 17.6 Å². The zero-order valence-electron chi connectivity index (χ0n) is 16.7. The number of nitrogens with one attached hydrogen (secondary N) is 3. The Morgan fingerprint density at radius 2 is 2.07 bits per heavy atom. The minimum Gasteiger partial charge on any atom is -0.476 e. The first-order valence-corrected chi connectivity index (χ1v) is 10.5. The van der Waals surface area contributed by atoms with Crippen LogP contribution < -0.4 is 10.6 Å². The minimum atomic E-state index is 0.101. The zero-order valence-corrected chi connectivity index (χ0v) is 16.7. The predicted molar refractivity (Wildman–Crippen MR) is 109 cm³/mol. The number of anilines is 1. The van der Waals surface area contributed by atoms with Gasteiger partial charge in [0.2, 0.25) is 11.8 Å². The molecular formula is C20H27N7O2. The number of hydrogen-bond donors (Lipinski definition) is 3. The molecule has 3 N–H and O–H groups in total. The Kier molecular flexibility index (Phi) is 4.83. The highest BCUT2D eigenvalue weighted by Crippen LogP contribution is 2.42. The molecule has 154 valence electrons. The number of aromatic nitrogens is 4. The molecular weight excluding hydrogens is 370 g/mol. The largest absolute Gasteiger partial charge is 0.476 e. The summed E-state index contributed by atoms with van der Waals surface area (Å²) < 4.78 is 13.1. The van der Waals surface area contributed by atoms with Gasteiger partial charge in [-0.15, -0.1) is 0 Å². The van der Waals surface area contributed by atoms with E-state index in [0.29, 0.717) is 36.8 Å². The normalized spacial score (nSPS) is 22.7. The molecule has 1 saturated heterocycles. The fourth-order valence-electron chi connectivity index (χ4n) is 3.97. The smallest absolute Gasteiger partial charge is 0.232 e. The summed E-state index contributed by atoms with van der Waals surface area (Å²) in [5, 5.41) is 21.0. The van der Waals surface area contributed by atoms with E-state index in [1.807, 2.05) is 17.8 Å². The summed E-state index contributed by atoms with van der Waals surface area (Å²) in [6, 6.07) is 0.329. The molecule has 0 radical (unpaired) electrons. The molecule has 1 saturated carbocycles. The second-order valence-corrected chi connectivity index (χ2v) is 8.00. The van der Waals surface area contributed by atoms with Crippen molar-refractivity contribution in [2.24, 2.45) is 0 Å². The van der Waals surface area contributed by atoms with Crippen molar-refractivity contribution in [3.8, 4) is 0 Å². The van der Waals surface area contributed by atoms with Crippen molar-refractivity contribution in [1.29, 1.82) is 5.41 Å². The van der Waals surface area contributed by atoms with Crippen molar-refractivity contribution < 1.29 is 9.47 Å². The molecule has 1 aliphatic carbocycles. The van der Waals surface area contributed by atoms with Gasteiger partial charge in [-0.05, 0) is 32.6 Å². The van der Waals surface area contributed by atoms with Crippen molar-refractivity contribution in [3.05, 3.63) is 23.3 Å². The highest BCUT2D eigenvalue weighted by molar-refractivity contribution is 5.94. The summed E-state index contributed by atoms with van der Waals surface area (Å²) in [5.74, 6) is 1.10. The van der Waals surface area contributed by atoms with E-state index < -0.39 is 0 Å². The lowest BCUT2D eigenvalue weighted by atomic mass is 10.1. The molecule has 9 heteroatoms. The summed E-state index contributed by atoms with van der Waals surface area (Å²) in [4.78, 5) is 9.27. The lowest BCUT2D eigenvalue weighted by Gasteiger charge is -2.26. The average molecular weight is 397 g/mol. The van der Waals surface area contributed by atoms with Gasteiger partial charge in [-0.2, -0.15) is 10.1 Å². The fraction of sp³-hybridized carbons (Fsp3) is 0.600. The molecule has 0 amide bonds. The molecule has 2 aliphatic heterocycles. The van der Waals surface area contributed by atoms with Crippen molar-refractivity contribution in [2.75, 3.05) is 25.1 Å². The van der Waals surface area contributed by atoms with Crippen LogP contribution in [-0.2, 0) is 16.0 Å². The topological polar surface area (TPSA) is 110 Å². The quantitative estimate of drug-likeness (QED) is 0.730. The SMILES string of the molecule is C/C(NC1CCOCC1)=C1\Nc2ncc3c(C4CC4)nn(c3n2)CCCOC1=N. The second-order valence-electron chi connectivity index (χ2n) is 8.00. The van der Waals surface area contributed by atoms with Gasteiger partial charge < -0.3 is 20.1 Å². The average Bonchev–Trinajstić information content (AvgIpc) is 3.52. The third-order valence-electron chi connectivity index (χ3n) is 5.72. The van der Waals surface area contributed by atoms with E-state index >= 15 is 0 Å². The summed E-state index contributed by atoms with van der Waals surface area (Å²) in [5.41, 5.74) is 3.40. The Morgan fingerprint density at radius 3 is 2.86 bits per heavy atom. The van der Waals surface area contributed by atoms with E-state index in [9.17, 15) is 0 Å². The Balaban J connectivity index is 1.48. The number of allylic oxidation sites excluding steroid dienone is 1. The van der Waals surface area contributed by atoms with Crippen LogP contribution in [0.2, 0.25) is 0 Å². The third kappa shape index (κ3) is 3.78. The molecule has 0 aromatic carbocycles. The first-order valence-electron chi connectivity index (χ1n) is 10.5. The monoisotopic (exact) mass is 397 g/mol. The van der Waals surface area contributed by atoms with E-state index in [-0.39, 0.29) is 5.90 Å². The number of nitrogens with zero attached hydrogens (tertiary/aromatic N) is 4. The fourth-order valence-corrected chi connectivity index (χ4v) is 3.97. The van der Waals surface area contributed by atoms with Crippen molar-refractivity contribution in [3.63, 3.8) is 0 Å². The van der Waals surface area contributed by atoms with E-state index in [1.54, 1.807) is 0 Å². The van der Waals surface area contributed by atoms with Crippen LogP contribution in [0.3, 0.4) is 0 Å². The zero-order chi connectivity index (χ0) is 19.8. The summed E-state index contributed by atoms with van der Waals surface area (Å²) in [6.45, 7) is 4.65. The van der Waals surface area contributed by atoms with Gasteiger partial charge in [-0.3, -0.25) is 5.41 Å². The molecule has 3 aliphatic rings. The summed E-state index contributed by atoms with van der Waals surface area (Å²) >= 11 is 0. The highest BCUT2D eigenvalue weighted by Gasteiger charge is 2.30. The molecule has 2 aromatic heterocycles. The van der Waals surface area contributed by atoms with Gasteiger partial charge in [-0.25, -0.2) is 9.67 Å². The van der Waals surface area contributed by atoms with Gasteiger partial charge >= 0.3 is 0 Å². The number of rotatable bonds is 3. The Labute approximate surface area is 169 Å². The predicted octanol–water partition coefficient (Wildman–Crippen LogP) is 2.51. The summed E-state index contributed by atoms with van der Waals surface area (Å²) in [7, 11) is 0. The van der Waals surface area contributed by atoms with E-state index in [0.717, 1.165) is 54.9 Å². The molecule has 2 bridgehead atoms. The molecule has 2 fully saturated rings. The number of aryl methyl sites for hydroxylation is 1. The molecule has 2 aromatic rings. The Morgan fingerprint density at radius 1 is 1.24 bits per heavy atom. The molecule has 0 unspecified atom stereocenters. The van der Waals surface area contributed by atoms with Gasteiger partial charge in [0.1, 0.15) is 5.70 Å². The van der Waals surface area contributed by atoms with Crippen LogP contribution in [0, 0.1) is 5.41 Å². The van der Waals surface area contributed by atoms with Gasteiger partial charge in [0.25, 0.3) is 0 Å². The van der Waals surface area contributed by atoms with Gasteiger partial charge in [0.15, 0.2) is 5.65 Å². The number of ether oxygens (including phenoxy) is 2. The van der Waals surface area contributed by atoms with E-state index in [1.165, 1.54) is 12.8 Å². The van der Waals surface area contributed by atoms with Crippen LogP contribution in [0.1, 0.15) is 50.6 Å². The number of hydrogen-bond acceptors (Lipinski definition) is 8. The first-order chi connectivity index (χ1) is 14.2. The lowest BCUT2D eigenvalue weighted by molar-refractivity contribution is 0.0803. The molecule has 29 heavy (non-hydrogen) atoms. The molecule has 0 atom stereocenters. The summed E-state index contributed by atoms with van der Waals surface area (Å²) in [6.07, 6.45) is 6.91. The standard InChI is InChI=1S/C20H27N7O2/c1-12(23-14-5-9-28-10-6-14)16-18(21)29-8-2-7-27-19-15(11-22-20(24-16)25-19)17(26-27)13-3-4-13/h11,13-14,21,23H,2-10H2,1H3,(H,22,24,25)/b16-12+,21-18?. The minimum absolute atomic E-state index is 0.101. The van der Waals surface area contributed by atoms with E-state index in [2.05, 4.69) is 15.6 Å². The second kappa shape index (κ2) is 7.62. The number of fused-ring (bicyclic) bond motifs is 1. The molecule has 4 heterocycles. The third-order valence-corrected chi connectivity index (χ3v) is 5.72. The van der Waals surface area contributed by atoms with Crippen LogP contribution >= 0.6 is 0 Å². The van der Waals surface area contributed by atoms with Crippen LogP contribution in [0.5, 0.6) is 0 Å². The van der Waals surface area contributed by atoms with Gasteiger partial charge in [-0.1, -0.05) is 0 Å². The molecule has 0 spiro atoms. The lowest BCUT2D eigenvalue weighted by Crippen LogP contribution is -2.35.